The lowest BCUT2D eigenvalue weighted by atomic mass is 10.0. The molecule has 0 saturated carbocycles. The van der Waals surface area contributed by atoms with Crippen LogP contribution in [0.4, 0.5) is 0 Å². The molecule has 1 N–H and O–H groups in total. The predicted molar refractivity (Wildman–Crippen MR) is 135 cm³/mol. The zero-order chi connectivity index (χ0) is 22.8. The predicted octanol–water partition coefficient (Wildman–Crippen LogP) is 7.14. The minimum atomic E-state index is 0.0589. The lowest BCUT2D eigenvalue weighted by Gasteiger charge is -2.39. The Hall–Kier alpha value is -1.16. The summed E-state index contributed by atoms with van der Waals surface area (Å²) in [6, 6.07) is 0. The fourth-order valence-corrected chi connectivity index (χ4v) is 4.91. The molecule has 1 rings (SSSR count). The van der Waals surface area contributed by atoms with E-state index < -0.39 is 0 Å². The Morgan fingerprint density at radius 3 is 2.03 bits per heavy atom. The molecule has 31 heavy (non-hydrogen) atoms. The lowest BCUT2D eigenvalue weighted by molar-refractivity contribution is -0.861. The highest BCUT2D eigenvalue weighted by Gasteiger charge is 2.41. The van der Waals surface area contributed by atoms with Gasteiger partial charge in [-0.15, -0.1) is 0 Å². The van der Waals surface area contributed by atoms with E-state index in [9.17, 15) is 4.79 Å². The molecule has 0 bridgehead atoms. The van der Waals surface area contributed by atoms with Crippen LogP contribution in [0.15, 0.2) is 17.1 Å². The number of hydrogen-bond acceptors (Lipinski definition) is 2. The smallest absolute Gasteiger partial charge is 0.221 e. The maximum Gasteiger partial charge on any atom is 0.221 e. The third-order valence-corrected chi connectivity index (χ3v) is 6.94. The second kappa shape index (κ2) is 17.4. The van der Waals surface area contributed by atoms with Gasteiger partial charge in [-0.25, -0.2) is 4.99 Å². The van der Waals surface area contributed by atoms with Gasteiger partial charge in [0.2, 0.25) is 5.91 Å². The van der Waals surface area contributed by atoms with Crippen molar-refractivity contribution in [2.75, 3.05) is 19.6 Å². The normalized spacial score (nSPS) is 19.7. The van der Waals surface area contributed by atoms with E-state index in [1.54, 1.807) is 6.92 Å². The lowest BCUT2D eigenvalue weighted by Crippen LogP contribution is -2.62. The molecule has 1 aliphatic rings. The van der Waals surface area contributed by atoms with Gasteiger partial charge >= 0.3 is 0 Å². The van der Waals surface area contributed by atoms with Crippen molar-refractivity contribution >= 4 is 11.7 Å². The van der Waals surface area contributed by atoms with Gasteiger partial charge in [0.25, 0.3) is 0 Å². The standard InChI is InChI=1S/C27H51N3O/c1-5-7-8-9-10-11-12-13-14-15-16-17-18-19-20-21-22-27-28-23-24-30(27,6-2)25(3)29-26(4)31/h10-11,25H,5-9,12-24H2,1-4H3/p+1/b11-10+. The average Bonchev–Trinajstić information content (AvgIpc) is 3.17. The Labute approximate surface area is 193 Å². The molecule has 0 saturated heterocycles. The highest BCUT2D eigenvalue weighted by atomic mass is 16.1. The minimum Gasteiger partial charge on any atom is -0.307 e. The van der Waals surface area contributed by atoms with Gasteiger partial charge in [-0.2, -0.15) is 0 Å². The van der Waals surface area contributed by atoms with Crippen LogP contribution in [0, 0.1) is 0 Å². The number of aliphatic imine (C=N–C) groups is 1. The third-order valence-electron chi connectivity index (χ3n) is 6.94. The van der Waals surface area contributed by atoms with E-state index in [0.717, 1.165) is 30.5 Å². The summed E-state index contributed by atoms with van der Waals surface area (Å²) in [4.78, 5) is 16.4. The highest BCUT2D eigenvalue weighted by Crippen LogP contribution is 2.23. The van der Waals surface area contributed by atoms with Crippen LogP contribution in [0.2, 0.25) is 0 Å². The summed E-state index contributed by atoms with van der Waals surface area (Å²) in [5.41, 5.74) is 0. The first-order valence-corrected chi connectivity index (χ1v) is 13.4. The maximum absolute atomic E-state index is 11.5. The number of quaternary nitrogens is 1. The van der Waals surface area contributed by atoms with Crippen LogP contribution in [-0.2, 0) is 4.79 Å². The molecule has 1 amide bonds. The van der Waals surface area contributed by atoms with Crippen molar-refractivity contribution < 1.29 is 9.28 Å². The molecule has 0 radical (unpaired) electrons. The van der Waals surface area contributed by atoms with Gasteiger partial charge in [0.15, 0.2) is 12.0 Å². The van der Waals surface area contributed by atoms with Crippen LogP contribution in [0.5, 0.6) is 0 Å². The molecule has 0 aromatic carbocycles. The van der Waals surface area contributed by atoms with Crippen molar-refractivity contribution in [3.63, 3.8) is 0 Å². The number of nitrogens with one attached hydrogen (secondary N) is 1. The van der Waals surface area contributed by atoms with Crippen LogP contribution in [0.25, 0.3) is 0 Å². The molecule has 4 heteroatoms. The number of unbranched alkanes of at least 4 members (excludes halogenated alkanes) is 12. The molecule has 2 unspecified atom stereocenters. The van der Waals surface area contributed by atoms with E-state index in [1.807, 2.05) is 0 Å². The zero-order valence-corrected chi connectivity index (χ0v) is 21.3. The van der Waals surface area contributed by atoms with Crippen molar-refractivity contribution in [2.24, 2.45) is 4.99 Å². The number of carbonyl (C=O) groups is 1. The molecule has 0 aromatic heterocycles. The number of likely N-dealkylation sites (N-methyl/N-ethyl adjacent to an activating group) is 1. The summed E-state index contributed by atoms with van der Waals surface area (Å²) in [5.74, 6) is 1.37. The van der Waals surface area contributed by atoms with Crippen LogP contribution in [-0.4, -0.2) is 42.0 Å². The van der Waals surface area contributed by atoms with Gasteiger partial charge in [-0.3, -0.25) is 9.28 Å². The number of carbonyl (C=O) groups excluding carboxylic acids is 1. The van der Waals surface area contributed by atoms with Crippen LogP contribution in [0.3, 0.4) is 0 Å². The molecule has 4 nitrogen and oxygen atoms in total. The molecule has 1 aliphatic heterocycles. The second-order valence-electron chi connectivity index (χ2n) is 9.44. The van der Waals surface area contributed by atoms with E-state index in [2.05, 4.69) is 38.2 Å². The molecule has 0 fully saturated rings. The van der Waals surface area contributed by atoms with Gasteiger partial charge in [0.1, 0.15) is 6.54 Å². The first-order chi connectivity index (χ1) is 15.1. The monoisotopic (exact) mass is 434 g/mol. The number of hydrogen-bond donors (Lipinski definition) is 1. The second-order valence-corrected chi connectivity index (χ2v) is 9.44. The summed E-state index contributed by atoms with van der Waals surface area (Å²) >= 11 is 0. The average molecular weight is 435 g/mol. The molecule has 0 aromatic rings. The molecule has 0 spiro atoms. The van der Waals surface area contributed by atoms with E-state index in [1.165, 1.54) is 95.7 Å². The van der Waals surface area contributed by atoms with Gasteiger partial charge in [0, 0.05) is 20.3 Å². The van der Waals surface area contributed by atoms with Gasteiger partial charge < -0.3 is 5.32 Å². The fourth-order valence-electron chi connectivity index (χ4n) is 4.91. The van der Waals surface area contributed by atoms with Crippen molar-refractivity contribution in [1.29, 1.82) is 0 Å². The van der Waals surface area contributed by atoms with Crippen molar-refractivity contribution in [3.8, 4) is 0 Å². The van der Waals surface area contributed by atoms with Gasteiger partial charge in [-0.1, -0.05) is 76.9 Å². The first kappa shape index (κ1) is 27.9. The summed E-state index contributed by atoms with van der Waals surface area (Å²) in [6.45, 7) is 11.2. The molecular weight excluding hydrogens is 382 g/mol. The number of allylic oxidation sites excluding steroid dienone is 2. The molecule has 2 atom stereocenters. The van der Waals surface area contributed by atoms with E-state index in [0.29, 0.717) is 0 Å². The van der Waals surface area contributed by atoms with Crippen molar-refractivity contribution in [3.05, 3.63) is 12.2 Å². The minimum absolute atomic E-state index is 0.0589. The summed E-state index contributed by atoms with van der Waals surface area (Å²) < 4.78 is 0.855. The van der Waals surface area contributed by atoms with Crippen molar-refractivity contribution in [1.82, 2.24) is 5.32 Å². The molecule has 180 valence electrons. The molecular formula is C27H52N3O+. The Bertz CT molecular complexity index is 529. The van der Waals surface area contributed by atoms with Crippen LogP contribution in [0.1, 0.15) is 124 Å². The molecule has 0 aliphatic carbocycles. The van der Waals surface area contributed by atoms with Crippen molar-refractivity contribution in [2.45, 2.75) is 130 Å². The van der Waals surface area contributed by atoms with E-state index >= 15 is 0 Å². The first-order valence-electron chi connectivity index (χ1n) is 13.4. The quantitative estimate of drug-likeness (QED) is 0.131. The zero-order valence-electron chi connectivity index (χ0n) is 21.3. The summed E-state index contributed by atoms with van der Waals surface area (Å²) in [5, 5.41) is 3.11. The van der Waals surface area contributed by atoms with Gasteiger partial charge in [0.05, 0.1) is 13.1 Å². The number of rotatable bonds is 19. The maximum atomic E-state index is 11.5. The summed E-state index contributed by atoms with van der Waals surface area (Å²) in [6.07, 6.45) is 24.8. The third kappa shape index (κ3) is 11.3. The Balaban J connectivity index is 2.03. The molecule has 1 heterocycles. The number of amides is 1. The number of amidine groups is 1. The van der Waals surface area contributed by atoms with Crippen LogP contribution < -0.4 is 5.32 Å². The highest BCUT2D eigenvalue weighted by molar-refractivity contribution is 5.78. The van der Waals surface area contributed by atoms with E-state index in [-0.39, 0.29) is 12.1 Å². The summed E-state index contributed by atoms with van der Waals surface area (Å²) in [7, 11) is 0. The van der Waals surface area contributed by atoms with Crippen LogP contribution >= 0.6 is 0 Å². The van der Waals surface area contributed by atoms with E-state index in [4.69, 9.17) is 4.99 Å². The Kier molecular flexibility index (Phi) is 15.6. The SMILES string of the molecule is CCCCC/C=C/CCCCCCCCCCCC1=NCC[N+]1(CC)C(C)NC(C)=O. The van der Waals surface area contributed by atoms with Gasteiger partial charge in [-0.05, 0) is 39.0 Å². The Morgan fingerprint density at radius 1 is 0.935 bits per heavy atom. The Morgan fingerprint density at radius 2 is 1.48 bits per heavy atom. The topological polar surface area (TPSA) is 41.5 Å². The number of nitrogens with zero attached hydrogens (tertiary/aromatic N) is 2. The fraction of sp³-hybridized carbons (Fsp3) is 0.852. The largest absolute Gasteiger partial charge is 0.307 e.